The van der Waals surface area contributed by atoms with E-state index in [2.05, 4.69) is 12.1 Å². The number of anilines is 1. The van der Waals surface area contributed by atoms with Gasteiger partial charge in [0.1, 0.15) is 5.75 Å². The summed E-state index contributed by atoms with van der Waals surface area (Å²) in [5.41, 5.74) is 1.92. The van der Waals surface area contributed by atoms with Crippen LogP contribution in [0.5, 0.6) is 5.75 Å². The van der Waals surface area contributed by atoms with Crippen molar-refractivity contribution in [1.29, 1.82) is 0 Å². The molecule has 142 valence electrons. The molecule has 5 nitrogen and oxygen atoms in total. The van der Waals surface area contributed by atoms with Gasteiger partial charge in [0, 0.05) is 6.42 Å². The first kappa shape index (κ1) is 19.1. The lowest BCUT2D eigenvalue weighted by Gasteiger charge is -2.15. The molecule has 0 aliphatic carbocycles. The molecule has 1 fully saturated rings. The molecule has 1 aliphatic heterocycles. The average molecular weight is 367 g/mol. The van der Waals surface area contributed by atoms with Crippen LogP contribution in [0.4, 0.5) is 5.69 Å². The number of nitrogens with two attached hydrogens (primary N) is 1. The summed E-state index contributed by atoms with van der Waals surface area (Å²) >= 11 is 0. The highest BCUT2D eigenvalue weighted by molar-refractivity contribution is 6.21. The molecule has 0 spiro atoms. The lowest BCUT2D eigenvalue weighted by Crippen LogP contribution is -2.91. The first-order valence-corrected chi connectivity index (χ1v) is 9.66. The second kappa shape index (κ2) is 9.33. The van der Waals surface area contributed by atoms with Crippen LogP contribution < -0.4 is 15.0 Å². The molecule has 0 unspecified atom stereocenters. The van der Waals surface area contributed by atoms with Crippen LogP contribution in [-0.2, 0) is 16.0 Å². The fourth-order valence-electron chi connectivity index (χ4n) is 3.29. The van der Waals surface area contributed by atoms with Crippen molar-refractivity contribution in [3.8, 4) is 5.75 Å². The Kier molecular flexibility index (Phi) is 6.60. The van der Waals surface area contributed by atoms with Crippen LogP contribution in [0.1, 0.15) is 31.7 Å². The maximum absolute atomic E-state index is 12.7. The number of hydrogen-bond acceptors (Lipinski definition) is 3. The second-order valence-electron chi connectivity index (χ2n) is 6.83. The minimum atomic E-state index is -0.315. The lowest BCUT2D eigenvalue weighted by atomic mass is 10.1. The van der Waals surface area contributed by atoms with Gasteiger partial charge >= 0.3 is 0 Å². The predicted octanol–water partition coefficient (Wildman–Crippen LogP) is 2.30. The van der Waals surface area contributed by atoms with E-state index >= 15 is 0 Å². The van der Waals surface area contributed by atoms with Gasteiger partial charge in [-0.25, -0.2) is 4.90 Å². The number of ether oxygens (including phenoxy) is 1. The average Bonchev–Trinajstić information content (AvgIpc) is 2.98. The number of benzene rings is 2. The maximum Gasteiger partial charge on any atom is 0.292 e. The van der Waals surface area contributed by atoms with Crippen LogP contribution in [0.3, 0.4) is 0 Å². The number of rotatable bonds is 9. The summed E-state index contributed by atoms with van der Waals surface area (Å²) in [7, 11) is 0. The van der Waals surface area contributed by atoms with E-state index in [0.29, 0.717) is 12.3 Å². The number of quaternary nitrogens is 1. The molecule has 2 aromatic carbocycles. The largest absolute Gasteiger partial charge is 0.494 e. The minimum absolute atomic E-state index is 0.123. The van der Waals surface area contributed by atoms with Gasteiger partial charge in [0.25, 0.3) is 5.91 Å². The van der Waals surface area contributed by atoms with E-state index in [4.69, 9.17) is 4.74 Å². The van der Waals surface area contributed by atoms with E-state index in [-0.39, 0.29) is 24.3 Å². The fraction of sp³-hybridized carbons (Fsp3) is 0.364. The minimum Gasteiger partial charge on any atom is -0.494 e. The molecular weight excluding hydrogens is 340 g/mol. The second-order valence-corrected chi connectivity index (χ2v) is 6.83. The number of hydrogen-bond donors (Lipinski definition) is 1. The normalized spacial score (nSPS) is 16.8. The molecule has 2 N–H and O–H groups in total. The predicted molar refractivity (Wildman–Crippen MR) is 105 cm³/mol. The number of carbonyl (C=O) groups is 2. The zero-order valence-electron chi connectivity index (χ0n) is 15.8. The first-order valence-electron chi connectivity index (χ1n) is 9.66. The smallest absolute Gasteiger partial charge is 0.292 e. The third-order valence-electron chi connectivity index (χ3n) is 4.71. The van der Waals surface area contributed by atoms with E-state index in [9.17, 15) is 9.59 Å². The molecule has 3 rings (SSSR count). The van der Waals surface area contributed by atoms with Gasteiger partial charge in [-0.3, -0.25) is 9.59 Å². The van der Waals surface area contributed by atoms with E-state index < -0.39 is 0 Å². The van der Waals surface area contributed by atoms with Crippen LogP contribution >= 0.6 is 0 Å². The van der Waals surface area contributed by atoms with E-state index in [1.54, 1.807) is 12.1 Å². The Balaban J connectivity index is 1.52. The number of aryl methyl sites for hydroxylation is 1. The number of nitrogens with zero attached hydrogens (tertiary/aromatic N) is 1. The van der Waals surface area contributed by atoms with Crippen molar-refractivity contribution in [3.05, 3.63) is 60.2 Å². The molecular formula is C22H27N2O3+. The van der Waals surface area contributed by atoms with Crippen molar-refractivity contribution < 1.29 is 19.6 Å². The van der Waals surface area contributed by atoms with Crippen molar-refractivity contribution in [2.24, 2.45) is 0 Å². The van der Waals surface area contributed by atoms with Gasteiger partial charge in [0.2, 0.25) is 5.91 Å². The summed E-state index contributed by atoms with van der Waals surface area (Å²) in [5.74, 6) is 0.497. The molecule has 0 aromatic heterocycles. The Morgan fingerprint density at radius 1 is 1.07 bits per heavy atom. The first-order chi connectivity index (χ1) is 13.2. The monoisotopic (exact) mass is 367 g/mol. The molecule has 1 aliphatic rings. The topological polar surface area (TPSA) is 63.2 Å². The van der Waals surface area contributed by atoms with Gasteiger partial charge in [0.15, 0.2) is 6.04 Å². The molecule has 27 heavy (non-hydrogen) atoms. The Morgan fingerprint density at radius 2 is 1.81 bits per heavy atom. The van der Waals surface area contributed by atoms with Crippen molar-refractivity contribution in [3.63, 3.8) is 0 Å². The Hall–Kier alpha value is -2.66. The molecule has 5 heteroatoms. The highest BCUT2D eigenvalue weighted by Gasteiger charge is 2.41. The van der Waals surface area contributed by atoms with Crippen LogP contribution in [0.25, 0.3) is 0 Å². The van der Waals surface area contributed by atoms with Crippen LogP contribution in [0.2, 0.25) is 0 Å². The molecule has 0 bridgehead atoms. The Labute approximate surface area is 160 Å². The number of carbonyl (C=O) groups excluding carboxylic acids is 2. The summed E-state index contributed by atoms with van der Waals surface area (Å²) < 4.78 is 5.55. The van der Waals surface area contributed by atoms with Crippen LogP contribution in [0.15, 0.2) is 54.6 Å². The zero-order valence-corrected chi connectivity index (χ0v) is 15.8. The highest BCUT2D eigenvalue weighted by atomic mass is 16.5. The fourth-order valence-corrected chi connectivity index (χ4v) is 3.29. The number of imide groups is 1. The van der Waals surface area contributed by atoms with Gasteiger partial charge in [-0.05, 0) is 42.7 Å². The van der Waals surface area contributed by atoms with Gasteiger partial charge in [-0.15, -0.1) is 0 Å². The molecule has 1 heterocycles. The quantitative estimate of drug-likeness (QED) is 0.546. The Morgan fingerprint density at radius 3 is 2.52 bits per heavy atom. The lowest BCUT2D eigenvalue weighted by molar-refractivity contribution is -0.674. The third kappa shape index (κ3) is 4.95. The molecule has 2 amide bonds. The van der Waals surface area contributed by atoms with Crippen molar-refractivity contribution in [2.45, 2.75) is 38.6 Å². The van der Waals surface area contributed by atoms with E-state index in [0.717, 1.165) is 31.6 Å². The Bertz CT molecular complexity index is 759. The molecule has 1 atom stereocenters. The van der Waals surface area contributed by atoms with Gasteiger partial charge in [-0.2, -0.15) is 0 Å². The van der Waals surface area contributed by atoms with Crippen molar-refractivity contribution in [1.82, 2.24) is 0 Å². The summed E-state index contributed by atoms with van der Waals surface area (Å²) in [6.45, 7) is 3.53. The molecule has 0 saturated carbocycles. The van der Waals surface area contributed by atoms with Crippen molar-refractivity contribution >= 4 is 17.5 Å². The summed E-state index contributed by atoms with van der Waals surface area (Å²) in [6, 6.07) is 17.2. The SMILES string of the molecule is CCCOc1ccc(N2C(=O)C[C@@H]([NH2+]CCCc3ccccc3)C2=O)cc1. The van der Waals surface area contributed by atoms with Gasteiger partial charge in [-0.1, -0.05) is 37.3 Å². The van der Waals surface area contributed by atoms with E-state index in [1.807, 2.05) is 42.6 Å². The highest BCUT2D eigenvalue weighted by Crippen LogP contribution is 2.24. The summed E-state index contributed by atoms with van der Waals surface area (Å²) in [5, 5.41) is 2.00. The van der Waals surface area contributed by atoms with Crippen LogP contribution in [-0.4, -0.2) is 31.0 Å². The molecule has 2 aromatic rings. The van der Waals surface area contributed by atoms with Crippen LogP contribution in [0, 0.1) is 0 Å². The van der Waals surface area contributed by atoms with E-state index in [1.165, 1.54) is 10.5 Å². The molecule has 0 radical (unpaired) electrons. The third-order valence-corrected chi connectivity index (χ3v) is 4.71. The molecule has 1 saturated heterocycles. The number of amides is 2. The summed E-state index contributed by atoms with van der Waals surface area (Å²) in [6.07, 6.45) is 3.16. The standard InChI is InChI=1S/C22H26N2O3/c1-2-15-27-19-12-10-18(11-13-19)24-21(25)16-20(22(24)26)23-14-6-9-17-7-4-3-5-8-17/h3-5,7-8,10-13,20,23H,2,6,9,14-16H2,1H3/p+1/t20-/m1/s1. The summed E-state index contributed by atoms with van der Waals surface area (Å²) in [4.78, 5) is 26.3. The van der Waals surface area contributed by atoms with Crippen molar-refractivity contribution in [2.75, 3.05) is 18.1 Å². The maximum atomic E-state index is 12.7. The van der Waals surface area contributed by atoms with Gasteiger partial charge < -0.3 is 10.1 Å². The zero-order chi connectivity index (χ0) is 19.1. The van der Waals surface area contributed by atoms with Gasteiger partial charge in [0.05, 0.1) is 25.3 Å².